The van der Waals surface area contributed by atoms with Crippen LogP contribution in [0.2, 0.25) is 0 Å². The maximum absolute atomic E-state index is 11.7. The third-order valence-electron chi connectivity index (χ3n) is 3.19. The zero-order valence-electron chi connectivity index (χ0n) is 9.98. The summed E-state index contributed by atoms with van der Waals surface area (Å²) in [6.45, 7) is 2.20. The Morgan fingerprint density at radius 3 is 2.59 bits per heavy atom. The number of esters is 1. The lowest BCUT2D eigenvalue weighted by Gasteiger charge is -2.06. The largest absolute Gasteiger partial charge is 0.461 e. The van der Waals surface area contributed by atoms with Gasteiger partial charge in [0.05, 0.1) is 6.61 Å². The number of aromatic nitrogens is 2. The van der Waals surface area contributed by atoms with Gasteiger partial charge in [-0.2, -0.15) is 0 Å². The first kappa shape index (κ1) is 10.7. The molecular weight excluding hydrogens is 216 g/mol. The molecule has 3 rings (SSSR count). The second-order valence-corrected chi connectivity index (χ2v) is 4.81. The van der Waals surface area contributed by atoms with E-state index in [1.807, 2.05) is 13.0 Å². The second kappa shape index (κ2) is 4.09. The molecule has 1 heterocycles. The van der Waals surface area contributed by atoms with Gasteiger partial charge in [0.1, 0.15) is 5.82 Å². The Morgan fingerprint density at radius 2 is 2.00 bits per heavy atom. The van der Waals surface area contributed by atoms with Crippen molar-refractivity contribution < 1.29 is 9.53 Å². The van der Waals surface area contributed by atoms with Crippen molar-refractivity contribution in [2.45, 2.75) is 44.4 Å². The van der Waals surface area contributed by atoms with E-state index in [1.54, 1.807) is 0 Å². The monoisotopic (exact) mass is 232 g/mol. The zero-order chi connectivity index (χ0) is 11.8. The lowest BCUT2D eigenvalue weighted by atomic mass is 10.2. The van der Waals surface area contributed by atoms with E-state index >= 15 is 0 Å². The van der Waals surface area contributed by atoms with Gasteiger partial charge in [-0.05, 0) is 38.7 Å². The van der Waals surface area contributed by atoms with Crippen LogP contribution in [0.1, 0.15) is 66.4 Å². The average molecular weight is 232 g/mol. The van der Waals surface area contributed by atoms with E-state index in [9.17, 15) is 4.79 Å². The number of hydrogen-bond acceptors (Lipinski definition) is 4. The van der Waals surface area contributed by atoms with Gasteiger partial charge in [0.25, 0.3) is 0 Å². The summed E-state index contributed by atoms with van der Waals surface area (Å²) in [7, 11) is 0. The minimum absolute atomic E-state index is 0.321. The molecular formula is C13H16N2O2. The molecule has 4 heteroatoms. The van der Waals surface area contributed by atoms with Gasteiger partial charge in [0.2, 0.25) is 0 Å². The van der Waals surface area contributed by atoms with Gasteiger partial charge in [0.15, 0.2) is 5.69 Å². The number of ether oxygens (including phenoxy) is 1. The fourth-order valence-electron chi connectivity index (χ4n) is 1.91. The van der Waals surface area contributed by atoms with Crippen LogP contribution in [-0.2, 0) is 4.74 Å². The van der Waals surface area contributed by atoms with Gasteiger partial charge >= 0.3 is 5.97 Å². The Balaban J connectivity index is 1.92. The molecule has 0 aromatic carbocycles. The normalized spacial score (nSPS) is 19.1. The van der Waals surface area contributed by atoms with E-state index in [0.29, 0.717) is 24.1 Å². The van der Waals surface area contributed by atoms with Crippen LogP contribution in [0, 0.1) is 0 Å². The molecule has 2 saturated carbocycles. The summed E-state index contributed by atoms with van der Waals surface area (Å²) in [4.78, 5) is 20.6. The van der Waals surface area contributed by atoms with E-state index in [0.717, 1.165) is 24.4 Å². The van der Waals surface area contributed by atoms with Crippen LogP contribution >= 0.6 is 0 Å². The number of rotatable bonds is 4. The number of nitrogens with zero attached hydrogens (tertiary/aromatic N) is 2. The standard InChI is InChI=1S/C13H16N2O2/c1-2-17-13(16)11-7-10(8-3-4-8)14-12(15-11)9-5-6-9/h7-9H,2-6H2,1H3. The summed E-state index contributed by atoms with van der Waals surface area (Å²) in [6, 6.07) is 1.81. The third kappa shape index (κ3) is 2.30. The topological polar surface area (TPSA) is 52.1 Å². The molecule has 0 unspecified atom stereocenters. The highest BCUT2D eigenvalue weighted by Crippen LogP contribution is 2.42. The summed E-state index contributed by atoms with van der Waals surface area (Å²) in [6.07, 6.45) is 4.67. The van der Waals surface area contributed by atoms with E-state index in [4.69, 9.17) is 4.74 Å². The minimum Gasteiger partial charge on any atom is -0.461 e. The molecule has 0 amide bonds. The molecule has 2 fully saturated rings. The Bertz CT molecular complexity index is 420. The van der Waals surface area contributed by atoms with E-state index in [1.165, 1.54) is 12.8 Å². The van der Waals surface area contributed by atoms with Crippen molar-refractivity contribution in [2.75, 3.05) is 6.61 Å². The fourth-order valence-corrected chi connectivity index (χ4v) is 1.91. The summed E-state index contributed by atoms with van der Waals surface area (Å²) in [5.41, 5.74) is 1.47. The number of carbonyl (C=O) groups excluding carboxylic acids is 1. The summed E-state index contributed by atoms with van der Waals surface area (Å²) in [5.74, 6) is 1.54. The molecule has 0 atom stereocenters. The molecule has 2 aliphatic rings. The van der Waals surface area contributed by atoms with Crippen LogP contribution in [0.25, 0.3) is 0 Å². The first-order chi connectivity index (χ1) is 8.28. The highest BCUT2D eigenvalue weighted by molar-refractivity contribution is 5.87. The first-order valence-corrected chi connectivity index (χ1v) is 6.34. The predicted molar refractivity (Wildman–Crippen MR) is 61.9 cm³/mol. The maximum atomic E-state index is 11.7. The van der Waals surface area contributed by atoms with Gasteiger partial charge in [-0.15, -0.1) is 0 Å². The minimum atomic E-state index is -0.321. The Kier molecular flexibility index (Phi) is 2.57. The average Bonchev–Trinajstić information content (AvgIpc) is 3.20. The van der Waals surface area contributed by atoms with E-state index < -0.39 is 0 Å². The summed E-state index contributed by atoms with van der Waals surface area (Å²) >= 11 is 0. The van der Waals surface area contributed by atoms with Gasteiger partial charge in [0, 0.05) is 17.5 Å². The smallest absolute Gasteiger partial charge is 0.357 e. The Hall–Kier alpha value is -1.45. The molecule has 90 valence electrons. The predicted octanol–water partition coefficient (Wildman–Crippen LogP) is 2.41. The van der Waals surface area contributed by atoms with Gasteiger partial charge < -0.3 is 4.74 Å². The van der Waals surface area contributed by atoms with Crippen molar-refractivity contribution >= 4 is 5.97 Å². The van der Waals surface area contributed by atoms with Crippen LogP contribution in [0.15, 0.2) is 6.07 Å². The Morgan fingerprint density at radius 1 is 1.29 bits per heavy atom. The van der Waals surface area contributed by atoms with Crippen molar-refractivity contribution in [3.63, 3.8) is 0 Å². The highest BCUT2D eigenvalue weighted by Gasteiger charge is 2.32. The fraction of sp³-hybridized carbons (Fsp3) is 0.615. The molecule has 0 bridgehead atoms. The maximum Gasteiger partial charge on any atom is 0.357 e. The number of carbonyl (C=O) groups is 1. The zero-order valence-corrected chi connectivity index (χ0v) is 9.98. The van der Waals surface area contributed by atoms with Crippen molar-refractivity contribution in [1.29, 1.82) is 0 Å². The van der Waals surface area contributed by atoms with Crippen molar-refractivity contribution in [3.8, 4) is 0 Å². The Labute approximate surface area is 100 Å². The lowest BCUT2D eigenvalue weighted by Crippen LogP contribution is -2.11. The molecule has 4 nitrogen and oxygen atoms in total. The molecule has 1 aromatic rings. The van der Waals surface area contributed by atoms with Crippen molar-refractivity contribution in [2.24, 2.45) is 0 Å². The molecule has 0 aliphatic heterocycles. The molecule has 17 heavy (non-hydrogen) atoms. The summed E-state index contributed by atoms with van der Waals surface area (Å²) < 4.78 is 5.01. The van der Waals surface area contributed by atoms with Crippen LogP contribution in [0.4, 0.5) is 0 Å². The molecule has 0 N–H and O–H groups in total. The molecule has 0 radical (unpaired) electrons. The lowest BCUT2D eigenvalue weighted by molar-refractivity contribution is 0.0518. The molecule has 0 spiro atoms. The van der Waals surface area contributed by atoms with Crippen molar-refractivity contribution in [1.82, 2.24) is 9.97 Å². The van der Waals surface area contributed by atoms with Crippen LogP contribution < -0.4 is 0 Å². The van der Waals surface area contributed by atoms with Crippen LogP contribution in [0.3, 0.4) is 0 Å². The van der Waals surface area contributed by atoms with E-state index in [-0.39, 0.29) is 5.97 Å². The third-order valence-corrected chi connectivity index (χ3v) is 3.19. The highest BCUT2D eigenvalue weighted by atomic mass is 16.5. The second-order valence-electron chi connectivity index (χ2n) is 4.81. The van der Waals surface area contributed by atoms with Gasteiger partial charge in [-0.25, -0.2) is 14.8 Å². The van der Waals surface area contributed by atoms with Crippen molar-refractivity contribution in [3.05, 3.63) is 23.3 Å². The van der Waals surface area contributed by atoms with E-state index in [2.05, 4.69) is 9.97 Å². The molecule has 2 aliphatic carbocycles. The van der Waals surface area contributed by atoms with Crippen LogP contribution in [0.5, 0.6) is 0 Å². The molecule has 0 saturated heterocycles. The first-order valence-electron chi connectivity index (χ1n) is 6.34. The molecule has 1 aromatic heterocycles. The quantitative estimate of drug-likeness (QED) is 0.748. The van der Waals surface area contributed by atoms with Gasteiger partial charge in [-0.1, -0.05) is 0 Å². The number of hydrogen-bond donors (Lipinski definition) is 0. The SMILES string of the molecule is CCOC(=O)c1cc(C2CC2)nc(C2CC2)n1. The van der Waals surface area contributed by atoms with Gasteiger partial charge in [-0.3, -0.25) is 0 Å². The van der Waals surface area contributed by atoms with Crippen LogP contribution in [-0.4, -0.2) is 22.5 Å². The summed E-state index contributed by atoms with van der Waals surface area (Å²) in [5, 5.41) is 0.